The van der Waals surface area contributed by atoms with Crippen LogP contribution in [0, 0.1) is 6.92 Å². The largest absolute Gasteiger partial charge is 0.495 e. The second-order valence-electron chi connectivity index (χ2n) is 0.629. The number of rotatable bonds is 0. The Labute approximate surface area is 30.9 Å². The van der Waals surface area contributed by atoms with E-state index < -0.39 is 0 Å². The van der Waals surface area contributed by atoms with E-state index in [-0.39, 0.29) is 5.88 Å². The first-order valence-electron chi connectivity index (χ1n) is 1.21. The molecule has 0 rings (SSSR count). The van der Waals surface area contributed by atoms with Crippen molar-refractivity contribution >= 4 is 0 Å². The van der Waals surface area contributed by atoms with Gasteiger partial charge in [0.05, 0.1) is 0 Å². The monoisotopic (exact) mass is 72.0 g/mol. The number of aliphatic hydroxyl groups is 1. The maximum Gasteiger partial charge on any atom is 0.177 e. The molecule has 0 heterocycles. The first-order chi connectivity index (χ1) is 2.27. The number of nitrogens with two attached hydrogens (primary N) is 1. The van der Waals surface area contributed by atoms with Crippen LogP contribution in [0.15, 0.2) is 12.0 Å². The van der Waals surface area contributed by atoms with E-state index in [0.29, 0.717) is 0 Å². The van der Waals surface area contributed by atoms with Gasteiger partial charge in [-0.3, -0.25) is 0 Å². The molecule has 5 heavy (non-hydrogen) atoms. The fraction of sp³-hybridized carbons (Fsp3) is 0. The lowest BCUT2D eigenvalue weighted by molar-refractivity contribution is 0.406. The summed E-state index contributed by atoms with van der Waals surface area (Å²) < 4.78 is 0. The molecule has 2 nitrogen and oxygen atoms in total. The van der Waals surface area contributed by atoms with Gasteiger partial charge >= 0.3 is 0 Å². The number of hydrogen-bond donors (Lipinski definition) is 2. The predicted octanol–water partition coefficient (Wildman–Crippen LogP) is 0.179. The standard InChI is InChI=1S/C3H6NO/c1-2-3(4)5/h2,5H,1,4H2/b3-2+. The van der Waals surface area contributed by atoms with Gasteiger partial charge in [-0.15, -0.1) is 0 Å². The van der Waals surface area contributed by atoms with Crippen molar-refractivity contribution < 1.29 is 5.11 Å². The molecule has 0 amide bonds. The molecule has 0 fully saturated rings. The van der Waals surface area contributed by atoms with Crippen LogP contribution in [0.5, 0.6) is 0 Å². The van der Waals surface area contributed by atoms with E-state index in [2.05, 4.69) is 12.7 Å². The Balaban J connectivity index is 3.14. The summed E-state index contributed by atoms with van der Waals surface area (Å²) in [7, 11) is 0. The van der Waals surface area contributed by atoms with Gasteiger partial charge in [0.15, 0.2) is 5.88 Å². The van der Waals surface area contributed by atoms with Crippen LogP contribution in [0.2, 0.25) is 0 Å². The van der Waals surface area contributed by atoms with Gasteiger partial charge in [-0.25, -0.2) is 0 Å². The van der Waals surface area contributed by atoms with Crippen LogP contribution in [0.4, 0.5) is 0 Å². The first-order valence-corrected chi connectivity index (χ1v) is 1.21. The summed E-state index contributed by atoms with van der Waals surface area (Å²) >= 11 is 0. The molecular weight excluding hydrogens is 66.0 g/mol. The Bertz CT molecular complexity index is 44.9. The minimum absolute atomic E-state index is 0.231. The van der Waals surface area contributed by atoms with Crippen molar-refractivity contribution in [2.45, 2.75) is 0 Å². The van der Waals surface area contributed by atoms with Crippen LogP contribution >= 0.6 is 0 Å². The van der Waals surface area contributed by atoms with Crippen molar-refractivity contribution in [2.24, 2.45) is 5.73 Å². The SMILES string of the molecule is [CH2]/C=C(\N)O. The Morgan fingerprint density at radius 2 is 2.20 bits per heavy atom. The van der Waals surface area contributed by atoms with Gasteiger partial charge in [0, 0.05) is 0 Å². The van der Waals surface area contributed by atoms with Crippen LogP contribution in [0.3, 0.4) is 0 Å². The lowest BCUT2D eigenvalue weighted by Crippen LogP contribution is -1.91. The highest BCUT2D eigenvalue weighted by Crippen LogP contribution is 1.64. The zero-order valence-electron chi connectivity index (χ0n) is 2.81. The lowest BCUT2D eigenvalue weighted by Gasteiger charge is -1.76. The van der Waals surface area contributed by atoms with Crippen molar-refractivity contribution in [3.8, 4) is 0 Å². The zero-order chi connectivity index (χ0) is 4.28. The summed E-state index contributed by atoms with van der Waals surface area (Å²) in [5, 5.41) is 7.94. The summed E-state index contributed by atoms with van der Waals surface area (Å²) in [5.74, 6) is -0.231. The molecule has 0 aliphatic carbocycles. The third kappa shape index (κ3) is 3.34. The van der Waals surface area contributed by atoms with Gasteiger partial charge < -0.3 is 10.8 Å². The van der Waals surface area contributed by atoms with E-state index in [9.17, 15) is 0 Å². The summed E-state index contributed by atoms with van der Waals surface area (Å²) in [5.41, 5.74) is 4.65. The van der Waals surface area contributed by atoms with Crippen molar-refractivity contribution in [3.63, 3.8) is 0 Å². The van der Waals surface area contributed by atoms with E-state index in [0.717, 1.165) is 0 Å². The third-order valence-corrected chi connectivity index (χ3v) is 0.209. The first kappa shape index (κ1) is 4.34. The van der Waals surface area contributed by atoms with E-state index in [1.807, 2.05) is 0 Å². The highest BCUT2D eigenvalue weighted by Gasteiger charge is 1.63. The van der Waals surface area contributed by atoms with Crippen LogP contribution < -0.4 is 5.73 Å². The number of aliphatic hydroxyl groups excluding tert-OH is 1. The van der Waals surface area contributed by atoms with Gasteiger partial charge in [0.2, 0.25) is 0 Å². The molecule has 1 radical (unpaired) electrons. The fourth-order valence-corrected chi connectivity index (χ4v) is 0. The fourth-order valence-electron chi connectivity index (χ4n) is 0. The highest BCUT2D eigenvalue weighted by molar-refractivity contribution is 4.85. The molecule has 0 atom stereocenters. The molecule has 0 aliphatic heterocycles. The van der Waals surface area contributed by atoms with Crippen molar-refractivity contribution in [1.82, 2.24) is 0 Å². The molecule has 0 saturated heterocycles. The summed E-state index contributed by atoms with van der Waals surface area (Å²) in [6.07, 6.45) is 1.17. The molecule has 0 aromatic heterocycles. The molecule has 0 aliphatic rings. The topological polar surface area (TPSA) is 46.2 Å². The maximum absolute atomic E-state index is 7.94. The highest BCUT2D eigenvalue weighted by atomic mass is 16.3. The van der Waals surface area contributed by atoms with Crippen molar-refractivity contribution in [2.75, 3.05) is 0 Å². The second-order valence-corrected chi connectivity index (χ2v) is 0.629. The minimum Gasteiger partial charge on any atom is -0.495 e. The summed E-state index contributed by atoms with van der Waals surface area (Å²) in [4.78, 5) is 0. The van der Waals surface area contributed by atoms with Gasteiger partial charge in [0.1, 0.15) is 0 Å². The quantitative estimate of drug-likeness (QED) is 0.401. The minimum atomic E-state index is -0.231. The Morgan fingerprint density at radius 3 is 2.20 bits per heavy atom. The average Bonchev–Trinajstić information content (AvgIpc) is 1.38. The predicted molar refractivity (Wildman–Crippen MR) is 20.3 cm³/mol. The summed E-state index contributed by atoms with van der Waals surface area (Å²) in [6.45, 7) is 3.15. The smallest absolute Gasteiger partial charge is 0.177 e. The summed E-state index contributed by atoms with van der Waals surface area (Å²) in [6, 6.07) is 0. The Kier molecular flexibility index (Phi) is 1.42. The maximum atomic E-state index is 7.94. The molecule has 0 spiro atoms. The number of allylic oxidation sites excluding steroid dienone is 1. The molecule has 0 aromatic carbocycles. The van der Waals surface area contributed by atoms with E-state index in [1.165, 1.54) is 6.08 Å². The molecule has 29 valence electrons. The molecule has 0 saturated carbocycles. The molecule has 2 heteroatoms. The zero-order valence-corrected chi connectivity index (χ0v) is 2.81. The van der Waals surface area contributed by atoms with Gasteiger partial charge in [0.25, 0.3) is 0 Å². The van der Waals surface area contributed by atoms with Crippen LogP contribution in [-0.2, 0) is 0 Å². The van der Waals surface area contributed by atoms with Crippen LogP contribution in [-0.4, -0.2) is 5.11 Å². The van der Waals surface area contributed by atoms with Crippen LogP contribution in [0.25, 0.3) is 0 Å². The molecule has 3 N–H and O–H groups in total. The molecule has 0 unspecified atom stereocenters. The molecule has 0 aromatic rings. The lowest BCUT2D eigenvalue weighted by atomic mass is 10.7. The number of hydrogen-bond acceptors (Lipinski definition) is 2. The van der Waals surface area contributed by atoms with Crippen LogP contribution in [0.1, 0.15) is 0 Å². The Hall–Kier alpha value is -0.660. The van der Waals surface area contributed by atoms with E-state index >= 15 is 0 Å². The normalized spacial score (nSPS) is 11.8. The third-order valence-electron chi connectivity index (χ3n) is 0.209. The van der Waals surface area contributed by atoms with Gasteiger partial charge in [-0.05, 0) is 13.0 Å². The average molecular weight is 72.1 g/mol. The van der Waals surface area contributed by atoms with Crippen molar-refractivity contribution in [3.05, 3.63) is 18.9 Å². The van der Waals surface area contributed by atoms with Gasteiger partial charge in [-0.2, -0.15) is 0 Å². The Morgan fingerprint density at radius 1 is 2.00 bits per heavy atom. The molecule has 0 bridgehead atoms. The van der Waals surface area contributed by atoms with E-state index in [4.69, 9.17) is 5.11 Å². The van der Waals surface area contributed by atoms with E-state index in [1.54, 1.807) is 0 Å². The van der Waals surface area contributed by atoms with Gasteiger partial charge in [-0.1, -0.05) is 0 Å². The molecular formula is C3H6NO. The second kappa shape index (κ2) is 1.64. The van der Waals surface area contributed by atoms with Crippen molar-refractivity contribution in [1.29, 1.82) is 0 Å².